The highest BCUT2D eigenvalue weighted by molar-refractivity contribution is 5.77. The van der Waals surface area contributed by atoms with E-state index in [1.54, 1.807) is 6.26 Å². The van der Waals surface area contributed by atoms with Gasteiger partial charge >= 0.3 is 0 Å². The fourth-order valence-corrected chi connectivity index (χ4v) is 1.32. The third-order valence-electron chi connectivity index (χ3n) is 2.15. The highest BCUT2D eigenvalue weighted by atomic mass is 16.3. The molecule has 0 bridgehead atoms. The van der Waals surface area contributed by atoms with E-state index in [0.29, 0.717) is 0 Å². The molecule has 1 aromatic heterocycles. The van der Waals surface area contributed by atoms with Gasteiger partial charge in [-0.1, -0.05) is 0 Å². The van der Waals surface area contributed by atoms with Gasteiger partial charge in [-0.15, -0.1) is 0 Å². The maximum atomic E-state index is 6.92. The lowest BCUT2D eigenvalue weighted by molar-refractivity contribution is 0.615. The van der Waals surface area contributed by atoms with Gasteiger partial charge in [0.1, 0.15) is 5.58 Å². The molecule has 1 heterocycles. The SMILES string of the molecule is [C-]#[N+]C(C)c1ccc2occc2c1. The molecule has 1 aromatic carbocycles. The van der Waals surface area contributed by atoms with E-state index in [4.69, 9.17) is 11.0 Å². The molecule has 1 unspecified atom stereocenters. The first-order valence-corrected chi connectivity index (χ1v) is 4.15. The molecular formula is C11H9NO. The van der Waals surface area contributed by atoms with Crippen LogP contribution in [-0.4, -0.2) is 0 Å². The Kier molecular flexibility index (Phi) is 1.79. The quantitative estimate of drug-likeness (QED) is 0.601. The average Bonchev–Trinajstić information content (AvgIpc) is 2.63. The van der Waals surface area contributed by atoms with Crippen molar-refractivity contribution in [2.24, 2.45) is 0 Å². The van der Waals surface area contributed by atoms with E-state index in [9.17, 15) is 0 Å². The van der Waals surface area contributed by atoms with Crippen molar-refractivity contribution in [1.82, 2.24) is 0 Å². The summed E-state index contributed by atoms with van der Waals surface area (Å²) in [6.45, 7) is 8.82. The number of furan rings is 1. The van der Waals surface area contributed by atoms with Crippen LogP contribution in [0.4, 0.5) is 0 Å². The van der Waals surface area contributed by atoms with Crippen LogP contribution in [0.1, 0.15) is 18.5 Å². The Morgan fingerprint density at radius 3 is 3.00 bits per heavy atom. The van der Waals surface area contributed by atoms with Gasteiger partial charge in [-0.25, -0.2) is 6.57 Å². The highest BCUT2D eigenvalue weighted by Crippen LogP contribution is 2.22. The normalized spacial score (nSPS) is 12.6. The molecule has 0 N–H and O–H groups in total. The van der Waals surface area contributed by atoms with Crippen molar-refractivity contribution in [3.8, 4) is 0 Å². The van der Waals surface area contributed by atoms with Crippen LogP contribution in [0.3, 0.4) is 0 Å². The maximum Gasteiger partial charge on any atom is 0.246 e. The second kappa shape index (κ2) is 2.95. The summed E-state index contributed by atoms with van der Waals surface area (Å²) in [5.41, 5.74) is 1.92. The molecule has 2 rings (SSSR count). The molecule has 2 nitrogen and oxygen atoms in total. The largest absolute Gasteiger partial charge is 0.464 e. The number of benzene rings is 1. The second-order valence-corrected chi connectivity index (χ2v) is 3.02. The van der Waals surface area contributed by atoms with Crippen molar-refractivity contribution in [3.63, 3.8) is 0 Å². The monoisotopic (exact) mass is 171 g/mol. The summed E-state index contributed by atoms with van der Waals surface area (Å²) in [6.07, 6.45) is 1.66. The second-order valence-electron chi connectivity index (χ2n) is 3.02. The predicted octanol–water partition coefficient (Wildman–Crippen LogP) is 3.41. The van der Waals surface area contributed by atoms with Crippen LogP contribution < -0.4 is 0 Å². The van der Waals surface area contributed by atoms with E-state index in [0.717, 1.165) is 16.5 Å². The Hall–Kier alpha value is -1.75. The standard InChI is InChI=1S/C11H9NO/c1-8(12-2)9-3-4-11-10(7-9)5-6-13-11/h3-8H,1H3. The van der Waals surface area contributed by atoms with Crippen molar-refractivity contribution in [2.75, 3.05) is 0 Å². The van der Waals surface area contributed by atoms with Crippen molar-refractivity contribution in [2.45, 2.75) is 13.0 Å². The molecule has 2 heteroatoms. The van der Waals surface area contributed by atoms with Gasteiger partial charge in [0, 0.05) is 17.9 Å². The van der Waals surface area contributed by atoms with Crippen molar-refractivity contribution in [1.29, 1.82) is 0 Å². The molecule has 0 aliphatic rings. The fourth-order valence-electron chi connectivity index (χ4n) is 1.32. The molecular weight excluding hydrogens is 162 g/mol. The molecule has 1 atom stereocenters. The maximum absolute atomic E-state index is 6.92. The average molecular weight is 171 g/mol. The number of fused-ring (bicyclic) bond motifs is 1. The van der Waals surface area contributed by atoms with Gasteiger partial charge in [-0.05, 0) is 24.3 Å². The van der Waals surface area contributed by atoms with Crippen molar-refractivity contribution in [3.05, 3.63) is 47.5 Å². The molecule has 0 spiro atoms. The molecule has 0 aliphatic carbocycles. The molecule has 64 valence electrons. The van der Waals surface area contributed by atoms with E-state index in [1.807, 2.05) is 31.2 Å². The molecule has 0 amide bonds. The summed E-state index contributed by atoms with van der Waals surface area (Å²) in [6, 6.07) is 7.69. The molecule has 0 saturated heterocycles. The number of hydrogen-bond donors (Lipinski definition) is 0. The number of nitrogens with zero attached hydrogens (tertiary/aromatic N) is 1. The molecule has 2 aromatic rings. The molecule has 13 heavy (non-hydrogen) atoms. The van der Waals surface area contributed by atoms with Crippen LogP contribution in [0.2, 0.25) is 0 Å². The molecule has 0 fully saturated rings. The van der Waals surface area contributed by atoms with Gasteiger partial charge in [0.2, 0.25) is 6.04 Å². The Morgan fingerprint density at radius 1 is 1.38 bits per heavy atom. The van der Waals surface area contributed by atoms with Crippen molar-refractivity contribution < 1.29 is 4.42 Å². The summed E-state index contributed by atoms with van der Waals surface area (Å²) in [5.74, 6) is 0. The van der Waals surface area contributed by atoms with Crippen LogP contribution in [0, 0.1) is 6.57 Å². The van der Waals surface area contributed by atoms with Gasteiger partial charge in [-0.2, -0.15) is 0 Å². The third-order valence-corrected chi connectivity index (χ3v) is 2.15. The lowest BCUT2D eigenvalue weighted by Crippen LogP contribution is -1.84. The Labute approximate surface area is 76.6 Å². The number of hydrogen-bond acceptors (Lipinski definition) is 1. The van der Waals surface area contributed by atoms with Crippen LogP contribution in [-0.2, 0) is 0 Å². The smallest absolute Gasteiger partial charge is 0.246 e. The topological polar surface area (TPSA) is 17.5 Å². The van der Waals surface area contributed by atoms with E-state index in [1.165, 1.54) is 0 Å². The minimum absolute atomic E-state index is 0.0701. The summed E-state index contributed by atoms with van der Waals surface area (Å²) < 4.78 is 5.21. The first-order valence-electron chi connectivity index (χ1n) is 4.15. The molecule has 0 radical (unpaired) electrons. The zero-order valence-corrected chi connectivity index (χ0v) is 7.32. The van der Waals surface area contributed by atoms with E-state index in [2.05, 4.69) is 4.85 Å². The zero-order chi connectivity index (χ0) is 9.26. The van der Waals surface area contributed by atoms with Crippen molar-refractivity contribution >= 4 is 11.0 Å². The van der Waals surface area contributed by atoms with Gasteiger partial charge < -0.3 is 9.26 Å². The lowest BCUT2D eigenvalue weighted by Gasteiger charge is -1.98. The van der Waals surface area contributed by atoms with E-state index >= 15 is 0 Å². The van der Waals surface area contributed by atoms with Crippen LogP contribution in [0.25, 0.3) is 15.8 Å². The van der Waals surface area contributed by atoms with Gasteiger partial charge in [0.05, 0.1) is 6.26 Å². The van der Waals surface area contributed by atoms with Crippen LogP contribution in [0.15, 0.2) is 34.9 Å². The summed E-state index contributed by atoms with van der Waals surface area (Å²) in [7, 11) is 0. The van der Waals surface area contributed by atoms with Gasteiger partial charge in [0.15, 0.2) is 0 Å². The fraction of sp³-hybridized carbons (Fsp3) is 0.182. The van der Waals surface area contributed by atoms with Gasteiger partial charge in [-0.3, -0.25) is 0 Å². The Bertz CT molecular complexity index is 464. The first kappa shape index (κ1) is 7.88. The Balaban J connectivity index is 2.55. The first-order chi connectivity index (χ1) is 6.31. The predicted molar refractivity (Wildman–Crippen MR) is 51.2 cm³/mol. The van der Waals surface area contributed by atoms with Crippen LogP contribution in [0.5, 0.6) is 0 Å². The zero-order valence-electron chi connectivity index (χ0n) is 7.32. The summed E-state index contributed by atoms with van der Waals surface area (Å²) in [4.78, 5) is 3.47. The summed E-state index contributed by atoms with van der Waals surface area (Å²) in [5, 5.41) is 1.06. The Morgan fingerprint density at radius 2 is 2.23 bits per heavy atom. The van der Waals surface area contributed by atoms with E-state index < -0.39 is 0 Å². The highest BCUT2D eigenvalue weighted by Gasteiger charge is 2.08. The minimum Gasteiger partial charge on any atom is -0.464 e. The number of rotatable bonds is 1. The van der Waals surface area contributed by atoms with E-state index in [-0.39, 0.29) is 6.04 Å². The lowest BCUT2D eigenvalue weighted by atomic mass is 10.1. The summed E-state index contributed by atoms with van der Waals surface area (Å²) >= 11 is 0. The third kappa shape index (κ3) is 1.29. The van der Waals surface area contributed by atoms with Gasteiger partial charge in [0.25, 0.3) is 0 Å². The minimum atomic E-state index is -0.0701. The molecule has 0 saturated carbocycles. The van der Waals surface area contributed by atoms with Crippen LogP contribution >= 0.6 is 0 Å². The molecule has 0 aliphatic heterocycles.